The lowest BCUT2D eigenvalue weighted by Gasteiger charge is -2.50. The second-order valence-corrected chi connectivity index (χ2v) is 6.01. The van der Waals surface area contributed by atoms with Crippen LogP contribution in [0.2, 0.25) is 0 Å². The van der Waals surface area contributed by atoms with Crippen LogP contribution in [0.3, 0.4) is 0 Å². The second kappa shape index (κ2) is 5.66. The molecule has 0 aromatic heterocycles. The molecular weight excluding hydrogens is 268 g/mol. The lowest BCUT2D eigenvalue weighted by molar-refractivity contribution is -0.933. The molecule has 5 nitrogen and oxygen atoms in total. The van der Waals surface area contributed by atoms with Gasteiger partial charge in [-0.25, -0.2) is 0 Å². The number of benzene rings is 1. The Hall–Kier alpha value is -1.59. The first kappa shape index (κ1) is 14.4. The fourth-order valence-electron chi connectivity index (χ4n) is 3.37. The van der Waals surface area contributed by atoms with Crippen molar-refractivity contribution in [2.75, 3.05) is 60.0 Å². The number of Topliss-reactive ketones (excluding diaryl/α,β-unsaturated/α-hetero) is 1. The first-order valence-electron chi connectivity index (χ1n) is 7.48. The van der Waals surface area contributed by atoms with Gasteiger partial charge < -0.3 is 14.0 Å². The molecule has 5 heteroatoms. The number of carbonyl (C=O) groups excluding carboxylic acids is 1. The largest absolute Gasteiger partial charge is 0.493 e. The average molecular weight is 291 g/mol. The monoisotopic (exact) mass is 291 g/mol. The highest BCUT2D eigenvalue weighted by Gasteiger charge is 2.39. The number of piperazine rings is 3. The molecule has 114 valence electrons. The van der Waals surface area contributed by atoms with Crippen LogP contribution in [0.5, 0.6) is 11.5 Å². The summed E-state index contributed by atoms with van der Waals surface area (Å²) in [5.74, 6) is 1.48. The van der Waals surface area contributed by atoms with Gasteiger partial charge >= 0.3 is 0 Å². The third-order valence-electron chi connectivity index (χ3n) is 4.86. The van der Waals surface area contributed by atoms with E-state index in [-0.39, 0.29) is 5.78 Å². The minimum Gasteiger partial charge on any atom is -0.493 e. The Kier molecular flexibility index (Phi) is 3.87. The number of hydrogen-bond acceptors (Lipinski definition) is 4. The lowest BCUT2D eigenvalue weighted by atomic mass is 10.1. The van der Waals surface area contributed by atoms with E-state index in [0.29, 0.717) is 23.6 Å². The minimum atomic E-state index is 0.200. The van der Waals surface area contributed by atoms with Crippen molar-refractivity contribution in [2.24, 2.45) is 0 Å². The van der Waals surface area contributed by atoms with Crippen molar-refractivity contribution in [3.63, 3.8) is 0 Å². The Labute approximate surface area is 125 Å². The molecule has 0 aliphatic carbocycles. The van der Waals surface area contributed by atoms with Gasteiger partial charge in [0.2, 0.25) is 5.78 Å². The molecule has 1 aromatic carbocycles. The van der Waals surface area contributed by atoms with Crippen LogP contribution in [-0.2, 0) is 0 Å². The van der Waals surface area contributed by atoms with E-state index in [4.69, 9.17) is 9.47 Å². The van der Waals surface area contributed by atoms with Crippen molar-refractivity contribution in [3.8, 4) is 11.5 Å². The van der Waals surface area contributed by atoms with Crippen LogP contribution in [0, 0.1) is 0 Å². The van der Waals surface area contributed by atoms with Crippen LogP contribution in [0.15, 0.2) is 18.2 Å². The van der Waals surface area contributed by atoms with E-state index < -0.39 is 0 Å². The van der Waals surface area contributed by atoms with Crippen LogP contribution in [0.4, 0.5) is 0 Å². The smallest absolute Gasteiger partial charge is 0.217 e. The summed E-state index contributed by atoms with van der Waals surface area (Å²) >= 11 is 0. The molecule has 0 N–H and O–H groups in total. The Bertz CT molecular complexity index is 523. The van der Waals surface area contributed by atoms with Crippen LogP contribution in [0.1, 0.15) is 10.4 Å². The second-order valence-electron chi connectivity index (χ2n) is 6.01. The highest BCUT2D eigenvalue weighted by molar-refractivity contribution is 5.97. The maximum Gasteiger partial charge on any atom is 0.217 e. The molecule has 3 aliphatic rings. The molecular formula is C16H23N2O3+. The van der Waals surface area contributed by atoms with Gasteiger partial charge in [0.05, 0.1) is 33.9 Å². The predicted octanol–water partition coefficient (Wildman–Crippen LogP) is 1.03. The number of fused-ring (bicyclic) bond motifs is 3. The summed E-state index contributed by atoms with van der Waals surface area (Å²) < 4.78 is 11.5. The van der Waals surface area contributed by atoms with Gasteiger partial charge in [-0.3, -0.25) is 9.69 Å². The molecule has 0 atom stereocenters. The summed E-state index contributed by atoms with van der Waals surface area (Å²) in [6.07, 6.45) is 0. The van der Waals surface area contributed by atoms with Gasteiger partial charge in [0.15, 0.2) is 11.5 Å². The van der Waals surface area contributed by atoms with Gasteiger partial charge in [-0.2, -0.15) is 0 Å². The molecule has 0 unspecified atom stereocenters. The molecule has 3 heterocycles. The van der Waals surface area contributed by atoms with Crippen molar-refractivity contribution in [2.45, 2.75) is 0 Å². The minimum absolute atomic E-state index is 0.200. The number of quaternary nitrogens is 1. The number of rotatable bonds is 5. The molecule has 21 heavy (non-hydrogen) atoms. The Balaban J connectivity index is 1.76. The van der Waals surface area contributed by atoms with Crippen molar-refractivity contribution in [1.82, 2.24) is 4.90 Å². The number of methoxy groups -OCH3 is 2. The number of carbonyl (C=O) groups is 1. The Morgan fingerprint density at radius 1 is 1.10 bits per heavy atom. The molecule has 0 saturated carbocycles. The fraction of sp³-hybridized carbons (Fsp3) is 0.562. The van der Waals surface area contributed by atoms with Gasteiger partial charge in [0.25, 0.3) is 0 Å². The predicted molar refractivity (Wildman–Crippen MR) is 80.0 cm³/mol. The molecule has 3 saturated heterocycles. The number of nitrogens with zero attached hydrogens (tertiary/aromatic N) is 2. The standard InChI is InChI=1S/C16H23N2O3/c1-20-15-4-3-13(11-16(15)21-2)14(19)12-18-8-5-17(6-9-18)7-10-18/h3-4,11H,5-10,12H2,1-2H3/q+1. The van der Waals surface area contributed by atoms with E-state index in [1.165, 1.54) is 0 Å². The Morgan fingerprint density at radius 3 is 2.29 bits per heavy atom. The molecule has 0 radical (unpaired) electrons. The maximum absolute atomic E-state index is 12.6. The maximum atomic E-state index is 12.6. The van der Waals surface area contributed by atoms with E-state index in [9.17, 15) is 4.79 Å². The van der Waals surface area contributed by atoms with Gasteiger partial charge in [-0.1, -0.05) is 0 Å². The highest BCUT2D eigenvalue weighted by Crippen LogP contribution is 2.28. The molecule has 1 aromatic rings. The average Bonchev–Trinajstić information content (AvgIpc) is 2.55. The van der Waals surface area contributed by atoms with E-state index in [1.54, 1.807) is 26.4 Å². The highest BCUT2D eigenvalue weighted by atomic mass is 16.5. The fourth-order valence-corrected chi connectivity index (χ4v) is 3.37. The SMILES string of the molecule is COc1ccc(C(=O)C[N+]23CCN(CC2)CC3)cc1OC. The summed E-state index contributed by atoms with van der Waals surface area (Å²) in [5, 5.41) is 0. The summed E-state index contributed by atoms with van der Waals surface area (Å²) in [7, 11) is 3.20. The van der Waals surface area contributed by atoms with Gasteiger partial charge in [-0.15, -0.1) is 0 Å². The van der Waals surface area contributed by atoms with Gasteiger partial charge in [0.1, 0.15) is 6.54 Å². The van der Waals surface area contributed by atoms with Crippen LogP contribution in [0.25, 0.3) is 0 Å². The molecule has 0 spiro atoms. The van der Waals surface area contributed by atoms with Crippen molar-refractivity contribution < 1.29 is 18.8 Å². The van der Waals surface area contributed by atoms with Crippen molar-refractivity contribution in [1.29, 1.82) is 0 Å². The van der Waals surface area contributed by atoms with Gasteiger partial charge in [0, 0.05) is 25.2 Å². The van der Waals surface area contributed by atoms with Gasteiger partial charge in [-0.05, 0) is 18.2 Å². The third-order valence-corrected chi connectivity index (χ3v) is 4.86. The van der Waals surface area contributed by atoms with E-state index in [2.05, 4.69) is 4.90 Å². The van der Waals surface area contributed by atoms with Crippen LogP contribution < -0.4 is 9.47 Å². The molecule has 4 rings (SSSR count). The molecule has 0 amide bonds. The van der Waals surface area contributed by atoms with E-state index in [0.717, 1.165) is 43.8 Å². The number of ether oxygens (including phenoxy) is 2. The zero-order valence-electron chi connectivity index (χ0n) is 12.8. The van der Waals surface area contributed by atoms with E-state index in [1.807, 2.05) is 6.07 Å². The molecule has 3 aliphatic heterocycles. The number of ketones is 1. The summed E-state index contributed by atoms with van der Waals surface area (Å²) in [4.78, 5) is 15.1. The molecule has 3 fully saturated rings. The molecule has 2 bridgehead atoms. The number of hydrogen-bond donors (Lipinski definition) is 0. The summed E-state index contributed by atoms with van der Waals surface area (Å²) in [6, 6.07) is 5.43. The Morgan fingerprint density at radius 2 is 1.71 bits per heavy atom. The van der Waals surface area contributed by atoms with Crippen LogP contribution in [-0.4, -0.2) is 75.2 Å². The zero-order valence-corrected chi connectivity index (χ0v) is 12.8. The first-order valence-corrected chi connectivity index (χ1v) is 7.48. The van der Waals surface area contributed by atoms with Crippen molar-refractivity contribution >= 4 is 5.78 Å². The quantitative estimate of drug-likeness (QED) is 0.600. The third kappa shape index (κ3) is 2.76. The van der Waals surface area contributed by atoms with Crippen molar-refractivity contribution in [3.05, 3.63) is 23.8 Å². The normalized spacial score (nSPS) is 27.4. The zero-order chi connectivity index (χ0) is 14.9. The first-order chi connectivity index (χ1) is 10.2. The summed E-state index contributed by atoms with van der Waals surface area (Å²) in [5.41, 5.74) is 0.716. The van der Waals surface area contributed by atoms with Crippen LogP contribution >= 0.6 is 0 Å². The summed E-state index contributed by atoms with van der Waals surface area (Å²) in [6.45, 7) is 7.26. The lowest BCUT2D eigenvalue weighted by Crippen LogP contribution is -2.68. The van der Waals surface area contributed by atoms with E-state index >= 15 is 0 Å². The topological polar surface area (TPSA) is 38.8 Å².